The number of nitrogens with two attached hydrogens (primary N) is 1. The van der Waals surface area contributed by atoms with Crippen molar-refractivity contribution in [1.82, 2.24) is 0 Å². The summed E-state index contributed by atoms with van der Waals surface area (Å²) in [7, 11) is 0. The van der Waals surface area contributed by atoms with Crippen LogP contribution in [0.1, 0.15) is 45.6 Å². The summed E-state index contributed by atoms with van der Waals surface area (Å²) in [5.41, 5.74) is 7.23. The fraction of sp³-hybridized carbons (Fsp3) is 0.625. The van der Waals surface area contributed by atoms with Crippen LogP contribution in [0.4, 0.5) is 0 Å². The van der Waals surface area contributed by atoms with Crippen molar-refractivity contribution < 1.29 is 4.74 Å². The molecule has 2 heteroatoms. The Hall–Kier alpha value is -1.02. The maximum atomic E-state index is 5.94. The molecule has 1 rings (SSSR count). The molecule has 2 unspecified atom stereocenters. The van der Waals surface area contributed by atoms with E-state index in [2.05, 4.69) is 45.0 Å². The second-order valence-electron chi connectivity index (χ2n) is 5.22. The van der Waals surface area contributed by atoms with Gasteiger partial charge in [0.05, 0.1) is 6.61 Å². The quantitative estimate of drug-likeness (QED) is 0.761. The molecule has 0 saturated heterocycles. The van der Waals surface area contributed by atoms with E-state index < -0.39 is 0 Å². The average Bonchev–Trinajstić information content (AvgIpc) is 2.38. The van der Waals surface area contributed by atoms with Crippen molar-refractivity contribution in [3.8, 4) is 5.75 Å². The van der Waals surface area contributed by atoms with Gasteiger partial charge in [-0.2, -0.15) is 0 Å². The Labute approximate surface area is 112 Å². The van der Waals surface area contributed by atoms with Crippen LogP contribution >= 0.6 is 0 Å². The van der Waals surface area contributed by atoms with E-state index in [-0.39, 0.29) is 6.04 Å². The zero-order valence-electron chi connectivity index (χ0n) is 12.0. The fourth-order valence-electron chi connectivity index (χ4n) is 1.98. The minimum Gasteiger partial charge on any atom is -0.493 e. The van der Waals surface area contributed by atoms with Gasteiger partial charge in [-0.3, -0.25) is 0 Å². The highest BCUT2D eigenvalue weighted by molar-refractivity contribution is 5.27. The molecule has 0 saturated carbocycles. The van der Waals surface area contributed by atoms with Crippen molar-refractivity contribution in [2.45, 2.75) is 52.5 Å². The van der Waals surface area contributed by atoms with E-state index in [0.29, 0.717) is 5.92 Å². The lowest BCUT2D eigenvalue weighted by Crippen LogP contribution is -2.21. The zero-order chi connectivity index (χ0) is 13.4. The molecule has 0 aliphatic carbocycles. The van der Waals surface area contributed by atoms with Crippen molar-refractivity contribution in [1.29, 1.82) is 0 Å². The predicted octanol–water partition coefficient (Wildman–Crippen LogP) is 3.78. The molecular weight excluding hydrogens is 222 g/mol. The summed E-state index contributed by atoms with van der Waals surface area (Å²) in [6, 6.07) is 8.61. The Bertz CT molecular complexity index is 320. The zero-order valence-corrected chi connectivity index (χ0v) is 12.0. The lowest BCUT2D eigenvalue weighted by molar-refractivity contribution is 0.251. The maximum absolute atomic E-state index is 5.94. The molecule has 2 atom stereocenters. The minimum absolute atomic E-state index is 0.265. The van der Waals surface area contributed by atoms with E-state index in [0.717, 1.165) is 25.2 Å². The van der Waals surface area contributed by atoms with E-state index >= 15 is 0 Å². The highest BCUT2D eigenvalue weighted by atomic mass is 16.5. The van der Waals surface area contributed by atoms with Gasteiger partial charge in [0.2, 0.25) is 0 Å². The normalized spacial score (nSPS) is 14.2. The third-order valence-corrected chi connectivity index (χ3v) is 3.26. The van der Waals surface area contributed by atoms with Crippen LogP contribution in [0.2, 0.25) is 0 Å². The van der Waals surface area contributed by atoms with Crippen molar-refractivity contribution in [3.05, 3.63) is 29.8 Å². The molecule has 1 aromatic carbocycles. The number of hydrogen-bond donors (Lipinski definition) is 1. The second-order valence-corrected chi connectivity index (χ2v) is 5.22. The van der Waals surface area contributed by atoms with Gasteiger partial charge in [0.25, 0.3) is 0 Å². The monoisotopic (exact) mass is 249 g/mol. The van der Waals surface area contributed by atoms with E-state index in [4.69, 9.17) is 10.5 Å². The number of benzene rings is 1. The summed E-state index contributed by atoms with van der Waals surface area (Å²) in [6.45, 7) is 7.37. The predicted molar refractivity (Wildman–Crippen MR) is 78.0 cm³/mol. The molecule has 0 aliphatic rings. The number of hydrogen-bond acceptors (Lipinski definition) is 2. The third-order valence-electron chi connectivity index (χ3n) is 3.26. The van der Waals surface area contributed by atoms with Crippen molar-refractivity contribution >= 4 is 0 Å². The van der Waals surface area contributed by atoms with Crippen molar-refractivity contribution in [3.63, 3.8) is 0 Å². The molecule has 0 aliphatic heterocycles. The summed E-state index contributed by atoms with van der Waals surface area (Å²) in [5.74, 6) is 1.59. The third kappa shape index (κ3) is 5.54. The molecule has 0 fully saturated rings. The molecular formula is C16H27NO. The highest BCUT2D eigenvalue weighted by Crippen LogP contribution is 2.15. The molecule has 0 spiro atoms. The van der Waals surface area contributed by atoms with Gasteiger partial charge in [-0.25, -0.2) is 0 Å². The first-order valence-corrected chi connectivity index (χ1v) is 7.13. The maximum Gasteiger partial charge on any atom is 0.119 e. The topological polar surface area (TPSA) is 35.2 Å². The Morgan fingerprint density at radius 1 is 1.17 bits per heavy atom. The van der Waals surface area contributed by atoms with E-state index in [1.807, 2.05) is 0 Å². The van der Waals surface area contributed by atoms with Gasteiger partial charge >= 0.3 is 0 Å². The van der Waals surface area contributed by atoms with Gasteiger partial charge in [-0.05, 0) is 42.9 Å². The Kier molecular flexibility index (Phi) is 6.81. The van der Waals surface area contributed by atoms with Crippen LogP contribution < -0.4 is 10.5 Å². The molecule has 0 amide bonds. The molecule has 0 aromatic heterocycles. The van der Waals surface area contributed by atoms with Crippen LogP contribution in [0.25, 0.3) is 0 Å². The molecule has 18 heavy (non-hydrogen) atoms. The van der Waals surface area contributed by atoms with E-state index in [1.165, 1.54) is 18.4 Å². The summed E-state index contributed by atoms with van der Waals surface area (Å²) in [6.07, 6.45) is 4.41. The smallest absolute Gasteiger partial charge is 0.119 e. The van der Waals surface area contributed by atoms with Crippen LogP contribution in [0.3, 0.4) is 0 Å². The molecule has 2 nitrogen and oxygen atoms in total. The molecule has 102 valence electrons. The van der Waals surface area contributed by atoms with Crippen LogP contribution in [-0.4, -0.2) is 12.6 Å². The number of rotatable bonds is 8. The van der Waals surface area contributed by atoms with Crippen molar-refractivity contribution in [2.75, 3.05) is 6.61 Å². The Balaban J connectivity index is 2.40. The van der Waals surface area contributed by atoms with Crippen LogP contribution in [-0.2, 0) is 6.42 Å². The largest absolute Gasteiger partial charge is 0.493 e. The molecule has 0 radical (unpaired) electrons. The molecule has 2 N–H and O–H groups in total. The molecule has 0 bridgehead atoms. The fourth-order valence-corrected chi connectivity index (χ4v) is 1.98. The summed E-state index contributed by atoms with van der Waals surface area (Å²) >= 11 is 0. The van der Waals surface area contributed by atoms with E-state index in [1.54, 1.807) is 0 Å². The van der Waals surface area contributed by atoms with Crippen LogP contribution in [0.15, 0.2) is 24.3 Å². The van der Waals surface area contributed by atoms with Crippen LogP contribution in [0, 0.1) is 5.92 Å². The van der Waals surface area contributed by atoms with Crippen molar-refractivity contribution in [2.24, 2.45) is 11.7 Å². The van der Waals surface area contributed by atoms with Gasteiger partial charge < -0.3 is 10.5 Å². The lowest BCUT2D eigenvalue weighted by atomic mass is 10.0. The van der Waals surface area contributed by atoms with Gasteiger partial charge in [0, 0.05) is 6.04 Å². The summed E-state index contributed by atoms with van der Waals surface area (Å²) < 4.78 is 5.78. The first kappa shape index (κ1) is 15.0. The standard InChI is InChI=1S/C16H27NO/c1-4-6-13(3)12-18-16-9-7-14(8-10-16)11-15(17)5-2/h7-10,13,15H,4-6,11-12,17H2,1-3H3. The van der Waals surface area contributed by atoms with Gasteiger partial charge in [-0.15, -0.1) is 0 Å². The highest BCUT2D eigenvalue weighted by Gasteiger charge is 2.04. The van der Waals surface area contributed by atoms with Gasteiger partial charge in [0.15, 0.2) is 0 Å². The molecule has 0 heterocycles. The summed E-state index contributed by atoms with van der Waals surface area (Å²) in [4.78, 5) is 0. The van der Waals surface area contributed by atoms with Gasteiger partial charge in [0.1, 0.15) is 5.75 Å². The Morgan fingerprint density at radius 2 is 1.83 bits per heavy atom. The first-order chi connectivity index (χ1) is 8.65. The first-order valence-electron chi connectivity index (χ1n) is 7.13. The second kappa shape index (κ2) is 8.15. The lowest BCUT2D eigenvalue weighted by Gasteiger charge is -2.13. The average molecular weight is 249 g/mol. The molecule has 1 aromatic rings. The van der Waals surface area contributed by atoms with Crippen LogP contribution in [0.5, 0.6) is 5.75 Å². The SMILES string of the molecule is CCCC(C)COc1ccc(CC(N)CC)cc1. The van der Waals surface area contributed by atoms with E-state index in [9.17, 15) is 0 Å². The van der Waals surface area contributed by atoms with Gasteiger partial charge in [-0.1, -0.05) is 39.3 Å². The minimum atomic E-state index is 0.265. The summed E-state index contributed by atoms with van der Waals surface area (Å²) in [5, 5.41) is 0. The number of ether oxygens (including phenoxy) is 1. The Morgan fingerprint density at radius 3 is 2.39 bits per heavy atom.